The number of rotatable bonds is 7. The van der Waals surface area contributed by atoms with Crippen molar-refractivity contribution in [2.24, 2.45) is 0 Å². The van der Waals surface area contributed by atoms with Crippen molar-refractivity contribution in [3.05, 3.63) is 35.4 Å². The Kier molecular flexibility index (Phi) is 5.69. The van der Waals surface area contributed by atoms with E-state index in [0.717, 1.165) is 5.56 Å². The Morgan fingerprint density at radius 1 is 1.30 bits per heavy atom. The second kappa shape index (κ2) is 7.04. The molecule has 0 saturated heterocycles. The van der Waals surface area contributed by atoms with Gasteiger partial charge >= 0.3 is 5.97 Å². The lowest BCUT2D eigenvalue weighted by atomic mass is 10.1. The molecule has 0 atom stereocenters. The Morgan fingerprint density at radius 3 is 2.60 bits per heavy atom. The maximum atomic E-state index is 11.4. The third-order valence-corrected chi connectivity index (χ3v) is 4.28. The van der Waals surface area contributed by atoms with Gasteiger partial charge in [-0.25, -0.2) is 13.2 Å². The first-order chi connectivity index (χ1) is 9.34. The van der Waals surface area contributed by atoms with Gasteiger partial charge in [-0.05, 0) is 24.1 Å². The van der Waals surface area contributed by atoms with Crippen LogP contribution < -0.4 is 5.32 Å². The molecule has 0 aliphatic rings. The van der Waals surface area contributed by atoms with Crippen LogP contribution in [-0.4, -0.2) is 43.5 Å². The van der Waals surface area contributed by atoms with Crippen LogP contribution in [0.5, 0.6) is 0 Å². The highest BCUT2D eigenvalue weighted by molar-refractivity contribution is 7.92. The largest absolute Gasteiger partial charge is 0.478 e. The molecule has 20 heavy (non-hydrogen) atoms. The van der Waals surface area contributed by atoms with Gasteiger partial charge in [-0.2, -0.15) is 0 Å². The van der Waals surface area contributed by atoms with E-state index in [9.17, 15) is 18.0 Å². The highest BCUT2D eigenvalue weighted by atomic mass is 32.2. The van der Waals surface area contributed by atoms with Gasteiger partial charge in [0.1, 0.15) is 5.75 Å². The predicted molar refractivity (Wildman–Crippen MR) is 74.4 cm³/mol. The van der Waals surface area contributed by atoms with Crippen LogP contribution in [0, 0.1) is 0 Å². The van der Waals surface area contributed by atoms with Crippen LogP contribution in [0.25, 0.3) is 0 Å². The van der Waals surface area contributed by atoms with E-state index in [1.54, 1.807) is 12.1 Å². The minimum Gasteiger partial charge on any atom is -0.478 e. The van der Waals surface area contributed by atoms with Crippen LogP contribution >= 0.6 is 0 Å². The summed E-state index contributed by atoms with van der Waals surface area (Å²) in [6.07, 6.45) is 0.443. The van der Waals surface area contributed by atoms with Crippen molar-refractivity contribution >= 4 is 21.7 Å². The number of amides is 1. The van der Waals surface area contributed by atoms with E-state index in [4.69, 9.17) is 5.11 Å². The highest BCUT2D eigenvalue weighted by Gasteiger charge is 2.13. The molecule has 0 bridgehead atoms. The molecular formula is C13H17NO5S. The van der Waals surface area contributed by atoms with Crippen molar-refractivity contribution < 1.29 is 23.1 Å². The Labute approximate surface area is 117 Å². The van der Waals surface area contributed by atoms with Crippen molar-refractivity contribution in [1.29, 1.82) is 0 Å². The molecule has 0 saturated carbocycles. The van der Waals surface area contributed by atoms with E-state index in [1.807, 2.05) is 0 Å². The van der Waals surface area contributed by atoms with Gasteiger partial charge in [0.15, 0.2) is 9.84 Å². The zero-order valence-electron chi connectivity index (χ0n) is 11.1. The van der Waals surface area contributed by atoms with Gasteiger partial charge in [0.2, 0.25) is 5.91 Å². The average Bonchev–Trinajstić information content (AvgIpc) is 2.38. The number of carboxylic acid groups (broad SMARTS) is 1. The number of benzene rings is 1. The third-order valence-electron chi connectivity index (χ3n) is 2.70. The minimum atomic E-state index is -3.32. The second-order valence-corrected chi connectivity index (χ2v) is 6.64. The molecule has 0 aliphatic carbocycles. The molecule has 0 fully saturated rings. The standard InChI is InChI=1S/C13H17NO5S/c1-2-20(18,19)9-12(15)14-7-6-10-4-3-5-11(8-10)13(16)17/h3-5,8H,2,6-7,9H2,1H3,(H,14,15)(H,16,17). The smallest absolute Gasteiger partial charge is 0.335 e. The fraction of sp³-hybridized carbons (Fsp3) is 0.385. The molecule has 0 spiro atoms. The van der Waals surface area contributed by atoms with E-state index in [1.165, 1.54) is 19.1 Å². The quantitative estimate of drug-likeness (QED) is 0.762. The fourth-order valence-electron chi connectivity index (χ4n) is 1.56. The van der Waals surface area contributed by atoms with E-state index in [2.05, 4.69) is 5.32 Å². The first-order valence-corrected chi connectivity index (χ1v) is 7.95. The first kappa shape index (κ1) is 16.2. The lowest BCUT2D eigenvalue weighted by Crippen LogP contribution is -2.32. The van der Waals surface area contributed by atoms with Crippen molar-refractivity contribution in [3.63, 3.8) is 0 Å². The van der Waals surface area contributed by atoms with E-state index in [0.29, 0.717) is 6.42 Å². The van der Waals surface area contributed by atoms with Gasteiger partial charge in [0.25, 0.3) is 0 Å². The Balaban J connectivity index is 2.47. The highest BCUT2D eigenvalue weighted by Crippen LogP contribution is 2.05. The average molecular weight is 299 g/mol. The second-order valence-electron chi connectivity index (χ2n) is 4.28. The van der Waals surface area contributed by atoms with E-state index in [-0.39, 0.29) is 17.9 Å². The summed E-state index contributed by atoms with van der Waals surface area (Å²) >= 11 is 0. The molecule has 1 rings (SSSR count). The summed E-state index contributed by atoms with van der Waals surface area (Å²) in [6.45, 7) is 1.75. The van der Waals surface area contributed by atoms with Gasteiger partial charge < -0.3 is 10.4 Å². The fourth-order valence-corrected chi connectivity index (χ4v) is 2.26. The molecule has 1 aromatic rings. The van der Waals surface area contributed by atoms with Crippen LogP contribution in [0.4, 0.5) is 0 Å². The Morgan fingerprint density at radius 2 is 2.00 bits per heavy atom. The van der Waals surface area contributed by atoms with Crippen LogP contribution in [-0.2, 0) is 21.1 Å². The maximum absolute atomic E-state index is 11.4. The van der Waals surface area contributed by atoms with Crippen molar-refractivity contribution in [1.82, 2.24) is 5.32 Å². The topological polar surface area (TPSA) is 101 Å². The molecule has 7 heteroatoms. The van der Waals surface area contributed by atoms with E-state index >= 15 is 0 Å². The summed E-state index contributed by atoms with van der Waals surface area (Å²) in [7, 11) is -3.32. The van der Waals surface area contributed by atoms with Crippen molar-refractivity contribution in [2.75, 3.05) is 18.1 Å². The number of hydrogen-bond acceptors (Lipinski definition) is 4. The Bertz CT molecular complexity index is 595. The molecule has 110 valence electrons. The SMILES string of the molecule is CCS(=O)(=O)CC(=O)NCCc1cccc(C(=O)O)c1. The molecule has 6 nitrogen and oxygen atoms in total. The monoisotopic (exact) mass is 299 g/mol. The maximum Gasteiger partial charge on any atom is 0.335 e. The summed E-state index contributed by atoms with van der Waals surface area (Å²) in [6, 6.07) is 6.39. The van der Waals surface area contributed by atoms with Crippen molar-refractivity contribution in [2.45, 2.75) is 13.3 Å². The number of hydrogen-bond donors (Lipinski definition) is 2. The van der Waals surface area contributed by atoms with Gasteiger partial charge in [0.05, 0.1) is 5.56 Å². The summed E-state index contributed by atoms with van der Waals surface area (Å²) in [4.78, 5) is 22.2. The molecule has 0 unspecified atom stereocenters. The number of sulfone groups is 1. The molecule has 1 amide bonds. The van der Waals surface area contributed by atoms with Crippen molar-refractivity contribution in [3.8, 4) is 0 Å². The summed E-state index contributed by atoms with van der Waals surface area (Å²) in [5, 5.41) is 11.3. The Hall–Kier alpha value is -1.89. The van der Waals surface area contributed by atoms with Crippen LogP contribution in [0.2, 0.25) is 0 Å². The number of carbonyl (C=O) groups excluding carboxylic acids is 1. The molecule has 0 aromatic heterocycles. The van der Waals surface area contributed by atoms with Crippen LogP contribution in [0.1, 0.15) is 22.8 Å². The summed E-state index contributed by atoms with van der Waals surface area (Å²) in [5.74, 6) is -2.13. The predicted octanol–water partition coefficient (Wildman–Crippen LogP) is 0.478. The lowest BCUT2D eigenvalue weighted by Gasteiger charge is -2.06. The molecular weight excluding hydrogens is 282 g/mol. The van der Waals surface area contributed by atoms with Gasteiger partial charge in [-0.3, -0.25) is 4.79 Å². The first-order valence-electron chi connectivity index (χ1n) is 6.13. The third kappa shape index (κ3) is 5.40. The zero-order valence-corrected chi connectivity index (χ0v) is 11.9. The molecule has 2 N–H and O–H groups in total. The van der Waals surface area contributed by atoms with Crippen LogP contribution in [0.3, 0.4) is 0 Å². The molecule has 0 aliphatic heterocycles. The number of carbonyl (C=O) groups is 2. The molecule has 1 aromatic carbocycles. The van der Waals surface area contributed by atoms with E-state index < -0.39 is 27.5 Å². The minimum absolute atomic E-state index is 0.0684. The number of carboxylic acids is 1. The number of aromatic carboxylic acids is 1. The lowest BCUT2D eigenvalue weighted by molar-refractivity contribution is -0.118. The summed E-state index contributed by atoms with van der Waals surface area (Å²) < 4.78 is 22.5. The number of nitrogens with one attached hydrogen (secondary N) is 1. The van der Waals surface area contributed by atoms with Crippen LogP contribution in [0.15, 0.2) is 24.3 Å². The van der Waals surface area contributed by atoms with Gasteiger partial charge in [-0.1, -0.05) is 19.1 Å². The molecule has 0 radical (unpaired) electrons. The summed E-state index contributed by atoms with van der Waals surface area (Å²) in [5.41, 5.74) is 0.950. The molecule has 0 heterocycles. The van der Waals surface area contributed by atoms with Gasteiger partial charge in [-0.15, -0.1) is 0 Å². The van der Waals surface area contributed by atoms with Gasteiger partial charge in [0, 0.05) is 12.3 Å². The zero-order chi connectivity index (χ0) is 15.2. The normalized spacial score (nSPS) is 11.1.